The Bertz CT molecular complexity index is 248. The molecule has 0 heterocycles. The average molecular weight is 187 g/mol. The van der Waals surface area contributed by atoms with Gasteiger partial charge in [-0.15, -0.1) is 0 Å². The summed E-state index contributed by atoms with van der Waals surface area (Å²) in [5.41, 5.74) is 0.433. The summed E-state index contributed by atoms with van der Waals surface area (Å²) in [5, 5.41) is 0. The second kappa shape index (κ2) is 4.74. The van der Waals surface area contributed by atoms with E-state index in [2.05, 4.69) is 9.78 Å². The van der Waals surface area contributed by atoms with Crippen molar-refractivity contribution >= 4 is 17.6 Å². The fourth-order valence-electron chi connectivity index (χ4n) is 0.698. The van der Waals surface area contributed by atoms with Gasteiger partial charge in [0.05, 0.1) is 5.56 Å². The first-order valence-electron chi connectivity index (χ1n) is 3.29. The van der Waals surface area contributed by atoms with Gasteiger partial charge in [0.2, 0.25) is 0 Å². The van der Waals surface area contributed by atoms with Crippen LogP contribution < -0.4 is 0 Å². The van der Waals surface area contributed by atoms with E-state index in [1.165, 1.54) is 0 Å². The Hall–Kier alpha value is -1.06. The van der Waals surface area contributed by atoms with Gasteiger partial charge in [0.1, 0.15) is 0 Å². The highest BCUT2D eigenvalue weighted by Crippen LogP contribution is 2.01. The van der Waals surface area contributed by atoms with Crippen molar-refractivity contribution in [1.82, 2.24) is 0 Å². The van der Waals surface area contributed by atoms with E-state index in [0.29, 0.717) is 5.56 Å². The Balaban J connectivity index is 2.54. The molecule has 0 bridgehead atoms. The Morgan fingerprint density at radius 2 is 2.00 bits per heavy atom. The molecule has 64 valence electrons. The molecule has 1 aromatic rings. The standard InChI is InChI=1S/C8H7ClO3/c9-6-11-12-8(10)7-4-2-1-3-5-7/h1-5H,6H2. The molecule has 0 atom stereocenters. The van der Waals surface area contributed by atoms with Crippen molar-refractivity contribution in [2.75, 3.05) is 6.07 Å². The number of halogens is 1. The highest BCUT2D eigenvalue weighted by Gasteiger charge is 2.05. The van der Waals surface area contributed by atoms with E-state index in [1.807, 2.05) is 0 Å². The number of carbonyl (C=O) groups excluding carboxylic acids is 1. The molecule has 0 aliphatic carbocycles. The number of hydrogen-bond acceptors (Lipinski definition) is 3. The van der Waals surface area contributed by atoms with Crippen molar-refractivity contribution < 1.29 is 14.6 Å². The van der Waals surface area contributed by atoms with Gasteiger partial charge >= 0.3 is 5.97 Å². The van der Waals surface area contributed by atoms with Crippen LogP contribution in [0.3, 0.4) is 0 Å². The molecule has 0 aliphatic heterocycles. The molecule has 0 fully saturated rings. The van der Waals surface area contributed by atoms with Crippen molar-refractivity contribution in [1.29, 1.82) is 0 Å². The summed E-state index contributed by atoms with van der Waals surface area (Å²) in [4.78, 5) is 19.6. The van der Waals surface area contributed by atoms with Gasteiger partial charge in [-0.05, 0) is 12.1 Å². The van der Waals surface area contributed by atoms with Gasteiger partial charge in [0.25, 0.3) is 0 Å². The largest absolute Gasteiger partial charge is 0.373 e. The SMILES string of the molecule is O=C(OOCCl)c1ccccc1. The molecule has 0 N–H and O–H groups in total. The number of hydrogen-bond donors (Lipinski definition) is 0. The zero-order chi connectivity index (χ0) is 8.81. The molecule has 0 saturated carbocycles. The topological polar surface area (TPSA) is 35.5 Å². The van der Waals surface area contributed by atoms with Gasteiger partial charge < -0.3 is 0 Å². The predicted octanol–water partition coefficient (Wildman–Crippen LogP) is 1.97. The summed E-state index contributed by atoms with van der Waals surface area (Å²) in [7, 11) is 0. The van der Waals surface area contributed by atoms with Gasteiger partial charge in [-0.1, -0.05) is 29.8 Å². The molecule has 12 heavy (non-hydrogen) atoms. The lowest BCUT2D eigenvalue weighted by atomic mass is 10.2. The van der Waals surface area contributed by atoms with E-state index < -0.39 is 5.97 Å². The third kappa shape index (κ3) is 2.53. The van der Waals surface area contributed by atoms with Crippen molar-refractivity contribution in [3.8, 4) is 0 Å². The minimum atomic E-state index is -0.545. The van der Waals surface area contributed by atoms with Crippen LogP contribution in [0.5, 0.6) is 0 Å². The Morgan fingerprint density at radius 3 is 2.58 bits per heavy atom. The molecular formula is C8H7ClO3. The molecule has 0 saturated heterocycles. The minimum absolute atomic E-state index is 0.168. The summed E-state index contributed by atoms with van der Waals surface area (Å²) in [6, 6.07) is 8.35. The van der Waals surface area contributed by atoms with Crippen LogP contribution in [0, 0.1) is 0 Å². The quantitative estimate of drug-likeness (QED) is 0.411. The number of carbonyl (C=O) groups is 1. The van der Waals surface area contributed by atoms with Crippen LogP contribution in [-0.2, 0) is 9.78 Å². The van der Waals surface area contributed by atoms with Crippen LogP contribution in [0.2, 0.25) is 0 Å². The van der Waals surface area contributed by atoms with Crippen LogP contribution >= 0.6 is 11.6 Å². The van der Waals surface area contributed by atoms with E-state index in [9.17, 15) is 4.79 Å². The molecule has 0 aromatic heterocycles. The highest BCUT2D eigenvalue weighted by atomic mass is 35.5. The van der Waals surface area contributed by atoms with E-state index in [1.54, 1.807) is 30.3 Å². The Morgan fingerprint density at radius 1 is 1.33 bits per heavy atom. The van der Waals surface area contributed by atoms with E-state index >= 15 is 0 Å². The van der Waals surface area contributed by atoms with E-state index in [4.69, 9.17) is 11.6 Å². The average Bonchev–Trinajstić information content (AvgIpc) is 2.15. The third-order valence-corrected chi connectivity index (χ3v) is 1.28. The number of benzene rings is 1. The molecule has 3 nitrogen and oxygen atoms in total. The summed E-state index contributed by atoms with van der Waals surface area (Å²) in [5.74, 6) is -0.545. The predicted molar refractivity (Wildman–Crippen MR) is 43.7 cm³/mol. The molecule has 0 unspecified atom stereocenters. The fraction of sp³-hybridized carbons (Fsp3) is 0.125. The minimum Gasteiger partial charge on any atom is -0.292 e. The molecule has 0 amide bonds. The first-order valence-corrected chi connectivity index (χ1v) is 3.83. The van der Waals surface area contributed by atoms with Gasteiger partial charge in [0.15, 0.2) is 6.07 Å². The lowest BCUT2D eigenvalue weighted by molar-refractivity contribution is -0.224. The maximum Gasteiger partial charge on any atom is 0.373 e. The van der Waals surface area contributed by atoms with Crippen molar-refractivity contribution in [2.24, 2.45) is 0 Å². The van der Waals surface area contributed by atoms with Crippen molar-refractivity contribution in [2.45, 2.75) is 0 Å². The fourth-order valence-corrected chi connectivity index (χ4v) is 0.743. The number of alkyl halides is 1. The molecule has 0 radical (unpaired) electrons. The second-order valence-corrected chi connectivity index (χ2v) is 2.18. The van der Waals surface area contributed by atoms with Gasteiger partial charge in [0, 0.05) is 0 Å². The molecule has 1 aromatic carbocycles. The molecule has 1 rings (SSSR count). The monoisotopic (exact) mass is 186 g/mol. The smallest absolute Gasteiger partial charge is 0.292 e. The van der Waals surface area contributed by atoms with E-state index in [0.717, 1.165) is 0 Å². The highest BCUT2D eigenvalue weighted by molar-refractivity contribution is 6.17. The summed E-state index contributed by atoms with van der Waals surface area (Å²) < 4.78 is 0. The zero-order valence-corrected chi connectivity index (χ0v) is 6.95. The first kappa shape index (κ1) is 9.03. The van der Waals surface area contributed by atoms with Crippen LogP contribution in [0.25, 0.3) is 0 Å². The lowest BCUT2D eigenvalue weighted by Gasteiger charge is -1.99. The maximum atomic E-state index is 11.0. The lowest BCUT2D eigenvalue weighted by Crippen LogP contribution is -2.04. The summed E-state index contributed by atoms with van der Waals surface area (Å²) in [6.45, 7) is 0. The normalized spacial score (nSPS) is 9.42. The number of rotatable bonds is 3. The van der Waals surface area contributed by atoms with Gasteiger partial charge in [-0.25, -0.2) is 4.79 Å². The molecule has 0 aliphatic rings. The zero-order valence-electron chi connectivity index (χ0n) is 6.20. The molecular weight excluding hydrogens is 180 g/mol. The Labute approximate surface area is 74.8 Å². The first-order chi connectivity index (χ1) is 5.84. The van der Waals surface area contributed by atoms with Crippen LogP contribution in [0.4, 0.5) is 0 Å². The van der Waals surface area contributed by atoms with Gasteiger partial charge in [-0.3, -0.25) is 4.89 Å². The molecule has 0 spiro atoms. The van der Waals surface area contributed by atoms with Crippen molar-refractivity contribution in [3.05, 3.63) is 35.9 Å². The van der Waals surface area contributed by atoms with Crippen molar-refractivity contribution in [3.63, 3.8) is 0 Å². The third-order valence-electron chi connectivity index (χ3n) is 1.19. The second-order valence-electron chi connectivity index (χ2n) is 1.96. The van der Waals surface area contributed by atoms with Crippen LogP contribution in [0.15, 0.2) is 30.3 Å². The van der Waals surface area contributed by atoms with Crippen LogP contribution in [-0.4, -0.2) is 12.0 Å². The molecule has 4 heteroatoms. The van der Waals surface area contributed by atoms with Crippen LogP contribution in [0.1, 0.15) is 10.4 Å². The van der Waals surface area contributed by atoms with Gasteiger partial charge in [-0.2, -0.15) is 4.89 Å². The van der Waals surface area contributed by atoms with E-state index in [-0.39, 0.29) is 6.07 Å². The Kier molecular flexibility index (Phi) is 3.57. The summed E-state index contributed by atoms with van der Waals surface area (Å²) >= 11 is 5.13. The maximum absolute atomic E-state index is 11.0. The summed E-state index contributed by atoms with van der Waals surface area (Å²) in [6.07, 6.45) is 0.